The first-order valence-electron chi connectivity index (χ1n) is 9.44. The maximum absolute atomic E-state index is 12.8. The lowest BCUT2D eigenvalue weighted by molar-refractivity contribution is -0.145. The van der Waals surface area contributed by atoms with Crippen molar-refractivity contribution in [1.29, 1.82) is 0 Å². The fourth-order valence-electron chi connectivity index (χ4n) is 3.35. The van der Waals surface area contributed by atoms with Crippen LogP contribution >= 0.6 is 0 Å². The van der Waals surface area contributed by atoms with Crippen molar-refractivity contribution < 1.29 is 19.4 Å². The Morgan fingerprint density at radius 1 is 1.32 bits per heavy atom. The molecule has 1 saturated heterocycles. The van der Waals surface area contributed by atoms with Gasteiger partial charge in [-0.1, -0.05) is 30.3 Å². The van der Waals surface area contributed by atoms with Crippen molar-refractivity contribution in [3.8, 4) is 11.3 Å². The normalized spacial score (nSPS) is 20.0. The van der Waals surface area contributed by atoms with Crippen molar-refractivity contribution in [2.45, 2.75) is 25.5 Å². The molecule has 0 bridgehead atoms. The highest BCUT2D eigenvalue weighted by molar-refractivity contribution is 5.94. The van der Waals surface area contributed by atoms with Crippen LogP contribution in [0.2, 0.25) is 0 Å². The molecule has 3 rings (SSSR count). The second-order valence-electron chi connectivity index (χ2n) is 6.88. The Hall–Kier alpha value is -2.71. The summed E-state index contributed by atoms with van der Waals surface area (Å²) in [5.41, 5.74) is 2.05. The number of aryl methyl sites for hydroxylation is 1. The van der Waals surface area contributed by atoms with Crippen LogP contribution in [0.5, 0.6) is 0 Å². The number of ether oxygens (including phenoxy) is 1. The molecule has 150 valence electrons. The third kappa shape index (κ3) is 4.76. The van der Waals surface area contributed by atoms with E-state index in [0.29, 0.717) is 37.5 Å². The predicted molar refractivity (Wildman–Crippen MR) is 104 cm³/mol. The standard InChI is InChI=1S/C20H26N4O4/c1-3-28-19(26)13-24-10-9-18(25)16(12-24)21-20(27)17-11-15(22-23(17)2)14-7-5-4-6-8-14/h4-8,11,16,18,25H,3,9-10,12-13H2,1-2H3,(H,21,27)/t16-,18+/m1/s1. The van der Waals surface area contributed by atoms with Crippen LogP contribution in [-0.4, -0.2) is 70.1 Å². The Kier molecular flexibility index (Phi) is 6.43. The molecule has 28 heavy (non-hydrogen) atoms. The number of likely N-dealkylation sites (tertiary alicyclic amines) is 1. The monoisotopic (exact) mass is 386 g/mol. The number of nitrogens with one attached hydrogen (secondary N) is 1. The summed E-state index contributed by atoms with van der Waals surface area (Å²) in [5, 5.41) is 17.6. The Labute approximate surface area is 164 Å². The zero-order valence-corrected chi connectivity index (χ0v) is 16.2. The second-order valence-corrected chi connectivity index (χ2v) is 6.88. The molecule has 0 saturated carbocycles. The fraction of sp³-hybridized carbons (Fsp3) is 0.450. The topological polar surface area (TPSA) is 96.7 Å². The van der Waals surface area contributed by atoms with Gasteiger partial charge in [0.25, 0.3) is 5.91 Å². The van der Waals surface area contributed by atoms with E-state index in [1.54, 1.807) is 20.0 Å². The van der Waals surface area contributed by atoms with E-state index < -0.39 is 12.1 Å². The van der Waals surface area contributed by atoms with Gasteiger partial charge < -0.3 is 15.2 Å². The molecule has 1 aromatic heterocycles. The summed E-state index contributed by atoms with van der Waals surface area (Å²) < 4.78 is 6.51. The molecular formula is C20H26N4O4. The molecule has 2 heterocycles. The van der Waals surface area contributed by atoms with E-state index in [-0.39, 0.29) is 18.4 Å². The van der Waals surface area contributed by atoms with Crippen LogP contribution in [0.25, 0.3) is 11.3 Å². The number of carbonyl (C=O) groups excluding carboxylic acids is 2. The number of esters is 1. The largest absolute Gasteiger partial charge is 0.465 e. The Morgan fingerprint density at radius 3 is 2.79 bits per heavy atom. The highest BCUT2D eigenvalue weighted by Crippen LogP contribution is 2.19. The van der Waals surface area contributed by atoms with Gasteiger partial charge in [-0.15, -0.1) is 0 Å². The van der Waals surface area contributed by atoms with Gasteiger partial charge in [0, 0.05) is 25.7 Å². The van der Waals surface area contributed by atoms with E-state index in [9.17, 15) is 14.7 Å². The van der Waals surface area contributed by atoms with E-state index >= 15 is 0 Å². The lowest BCUT2D eigenvalue weighted by atomic mass is 10.0. The van der Waals surface area contributed by atoms with E-state index in [4.69, 9.17) is 4.74 Å². The number of nitrogens with zero attached hydrogens (tertiary/aromatic N) is 3. The molecule has 2 atom stereocenters. The Bertz CT molecular complexity index is 821. The van der Waals surface area contributed by atoms with Gasteiger partial charge in [-0.25, -0.2) is 0 Å². The number of benzene rings is 1. The molecule has 2 N–H and O–H groups in total. The molecule has 1 aliphatic heterocycles. The molecule has 1 amide bonds. The number of hydrogen-bond donors (Lipinski definition) is 2. The highest BCUT2D eigenvalue weighted by Gasteiger charge is 2.31. The van der Waals surface area contributed by atoms with Crippen LogP contribution < -0.4 is 5.32 Å². The van der Waals surface area contributed by atoms with Gasteiger partial charge in [0.05, 0.1) is 31.0 Å². The average molecular weight is 386 g/mol. The fourth-order valence-corrected chi connectivity index (χ4v) is 3.35. The number of piperidine rings is 1. The van der Waals surface area contributed by atoms with Crippen molar-refractivity contribution >= 4 is 11.9 Å². The van der Waals surface area contributed by atoms with Gasteiger partial charge in [0.15, 0.2) is 0 Å². The molecule has 0 aliphatic carbocycles. The molecule has 8 nitrogen and oxygen atoms in total. The first kappa shape index (κ1) is 20.0. The summed E-state index contributed by atoms with van der Waals surface area (Å²) in [6.45, 7) is 3.21. The number of rotatable bonds is 6. The lowest BCUT2D eigenvalue weighted by Crippen LogP contribution is -2.56. The van der Waals surface area contributed by atoms with Crippen LogP contribution in [0, 0.1) is 0 Å². The number of amides is 1. The van der Waals surface area contributed by atoms with Crippen molar-refractivity contribution in [2.75, 3.05) is 26.2 Å². The van der Waals surface area contributed by atoms with Crippen LogP contribution in [0.15, 0.2) is 36.4 Å². The summed E-state index contributed by atoms with van der Waals surface area (Å²) >= 11 is 0. The van der Waals surface area contributed by atoms with Crippen molar-refractivity contribution in [1.82, 2.24) is 20.0 Å². The maximum Gasteiger partial charge on any atom is 0.320 e. The Morgan fingerprint density at radius 2 is 2.07 bits per heavy atom. The van der Waals surface area contributed by atoms with Crippen LogP contribution in [-0.2, 0) is 16.6 Å². The molecule has 0 radical (unpaired) electrons. The average Bonchev–Trinajstić information content (AvgIpc) is 3.07. The van der Waals surface area contributed by atoms with Gasteiger partial charge >= 0.3 is 5.97 Å². The van der Waals surface area contributed by atoms with Gasteiger partial charge in [0.1, 0.15) is 5.69 Å². The molecule has 1 fully saturated rings. The summed E-state index contributed by atoms with van der Waals surface area (Å²) in [5.74, 6) is -0.609. The van der Waals surface area contributed by atoms with E-state index in [2.05, 4.69) is 10.4 Å². The second kappa shape index (κ2) is 8.99. The smallest absolute Gasteiger partial charge is 0.320 e. The first-order valence-corrected chi connectivity index (χ1v) is 9.44. The number of hydrogen-bond acceptors (Lipinski definition) is 6. The summed E-state index contributed by atoms with van der Waals surface area (Å²) in [6, 6.07) is 10.9. The van der Waals surface area contributed by atoms with Gasteiger partial charge in [-0.2, -0.15) is 5.10 Å². The highest BCUT2D eigenvalue weighted by atomic mass is 16.5. The third-order valence-corrected chi connectivity index (χ3v) is 4.82. The van der Waals surface area contributed by atoms with Crippen molar-refractivity contribution in [2.24, 2.45) is 7.05 Å². The quantitative estimate of drug-likeness (QED) is 0.714. The van der Waals surface area contributed by atoms with Gasteiger partial charge in [-0.05, 0) is 19.4 Å². The minimum Gasteiger partial charge on any atom is -0.465 e. The summed E-state index contributed by atoms with van der Waals surface area (Å²) in [6.07, 6.45) is -0.186. The molecule has 1 aliphatic rings. The number of aliphatic hydroxyl groups is 1. The van der Waals surface area contributed by atoms with Crippen LogP contribution in [0.4, 0.5) is 0 Å². The molecule has 2 aromatic rings. The zero-order valence-electron chi connectivity index (χ0n) is 16.2. The van der Waals surface area contributed by atoms with Crippen LogP contribution in [0.1, 0.15) is 23.8 Å². The minimum absolute atomic E-state index is 0.150. The zero-order chi connectivity index (χ0) is 20.1. The number of carbonyl (C=O) groups is 2. The van der Waals surface area contributed by atoms with E-state index in [1.165, 1.54) is 4.68 Å². The molecule has 8 heteroatoms. The van der Waals surface area contributed by atoms with Gasteiger partial charge in [-0.3, -0.25) is 19.2 Å². The summed E-state index contributed by atoms with van der Waals surface area (Å²) in [7, 11) is 1.71. The molecule has 0 unspecified atom stereocenters. The molecular weight excluding hydrogens is 360 g/mol. The lowest BCUT2D eigenvalue weighted by Gasteiger charge is -2.35. The van der Waals surface area contributed by atoms with E-state index in [0.717, 1.165) is 5.56 Å². The number of aliphatic hydroxyl groups excluding tert-OH is 1. The third-order valence-electron chi connectivity index (χ3n) is 4.82. The Balaban J connectivity index is 1.66. The maximum atomic E-state index is 12.8. The summed E-state index contributed by atoms with van der Waals surface area (Å²) in [4.78, 5) is 26.3. The molecule has 0 spiro atoms. The minimum atomic E-state index is -0.663. The van der Waals surface area contributed by atoms with Gasteiger partial charge in [0.2, 0.25) is 0 Å². The van der Waals surface area contributed by atoms with E-state index in [1.807, 2.05) is 35.2 Å². The molecule has 1 aromatic carbocycles. The predicted octanol–water partition coefficient (Wildman–Crippen LogP) is 0.815. The SMILES string of the molecule is CCOC(=O)CN1CC[C@H](O)[C@H](NC(=O)c2cc(-c3ccccc3)nn2C)C1. The first-order chi connectivity index (χ1) is 13.5. The number of aromatic nitrogens is 2. The van der Waals surface area contributed by atoms with Crippen molar-refractivity contribution in [3.63, 3.8) is 0 Å². The van der Waals surface area contributed by atoms with Crippen molar-refractivity contribution in [3.05, 3.63) is 42.1 Å². The van der Waals surface area contributed by atoms with Crippen LogP contribution in [0.3, 0.4) is 0 Å².